The minimum atomic E-state index is -0.566. The first-order chi connectivity index (χ1) is 15.5. The number of hydrogen-bond acceptors (Lipinski definition) is 5. The van der Waals surface area contributed by atoms with Gasteiger partial charge in [0.2, 0.25) is 0 Å². The van der Waals surface area contributed by atoms with E-state index in [1.165, 1.54) is 24.3 Å². The highest BCUT2D eigenvalue weighted by atomic mass is 35.5. The maximum Gasteiger partial charge on any atom is 0.282 e. The molecular weight excluding hydrogens is 447 g/mol. The van der Waals surface area contributed by atoms with Gasteiger partial charge in [0.15, 0.2) is 0 Å². The molecule has 1 aliphatic rings. The van der Waals surface area contributed by atoms with Crippen molar-refractivity contribution in [2.45, 2.75) is 6.54 Å². The predicted octanol–water partition coefficient (Wildman–Crippen LogP) is 1.31. The van der Waals surface area contributed by atoms with Crippen LogP contribution in [-0.4, -0.2) is 41.9 Å². The Morgan fingerprint density at radius 3 is 2.24 bits per heavy atom. The summed E-state index contributed by atoms with van der Waals surface area (Å²) in [5.74, 6) is -0.694. The lowest BCUT2D eigenvalue weighted by Crippen LogP contribution is -3.00. The summed E-state index contributed by atoms with van der Waals surface area (Å²) in [4.78, 5) is 27.5. The van der Waals surface area contributed by atoms with Crippen LogP contribution in [0.25, 0.3) is 0 Å². The number of carbonyl (C=O) groups excluding carboxylic acids is 1. The van der Waals surface area contributed by atoms with Gasteiger partial charge >= 0.3 is 0 Å². The number of para-hydroxylation sites is 1. The first kappa shape index (κ1) is 24.2. The first-order valence-corrected chi connectivity index (χ1v) is 10.4. The maximum atomic E-state index is 13.9. The van der Waals surface area contributed by atoms with E-state index in [0.29, 0.717) is 17.8 Å². The second-order valence-electron chi connectivity index (χ2n) is 7.63. The Hall–Kier alpha value is -3.49. The van der Waals surface area contributed by atoms with Gasteiger partial charge in [-0.3, -0.25) is 19.8 Å². The van der Waals surface area contributed by atoms with Gasteiger partial charge in [0.25, 0.3) is 11.6 Å². The van der Waals surface area contributed by atoms with Crippen LogP contribution in [-0.2, 0) is 6.54 Å². The Morgan fingerprint density at radius 1 is 0.939 bits per heavy atom. The third kappa shape index (κ3) is 5.85. The highest BCUT2D eigenvalue weighted by molar-refractivity contribution is 6.07. The fourth-order valence-electron chi connectivity index (χ4n) is 3.81. The summed E-state index contributed by atoms with van der Waals surface area (Å²) in [6.07, 6.45) is 0. The van der Waals surface area contributed by atoms with E-state index in [4.69, 9.17) is 0 Å². The molecule has 1 N–H and O–H groups in total. The van der Waals surface area contributed by atoms with E-state index in [0.717, 1.165) is 31.9 Å². The van der Waals surface area contributed by atoms with Gasteiger partial charge in [-0.1, -0.05) is 30.3 Å². The molecule has 3 aromatic carbocycles. The van der Waals surface area contributed by atoms with Crippen molar-refractivity contribution in [2.24, 2.45) is 0 Å². The molecule has 172 valence electrons. The molecule has 9 heteroatoms. The van der Waals surface area contributed by atoms with E-state index in [1.807, 2.05) is 24.3 Å². The van der Waals surface area contributed by atoms with Gasteiger partial charge in [-0.2, -0.15) is 0 Å². The highest BCUT2D eigenvalue weighted by Crippen LogP contribution is 2.23. The standard InChI is InChI=1S/C24H23FN4O3.ClH/c25-22-7-3-1-5-18(22)17-27-13-15-28(16-14-27)20-11-9-19(10-12-20)26-24(30)21-6-2-4-8-23(21)29(31)32;/h1-12H,13-17H2,(H,26,30);1H/p-1. The first-order valence-electron chi connectivity index (χ1n) is 10.4. The fourth-order valence-corrected chi connectivity index (χ4v) is 3.81. The molecule has 1 saturated heterocycles. The quantitative estimate of drug-likeness (QED) is 0.435. The molecule has 0 radical (unpaired) electrons. The van der Waals surface area contributed by atoms with Crippen LogP contribution in [0, 0.1) is 15.9 Å². The van der Waals surface area contributed by atoms with Crippen LogP contribution in [0.2, 0.25) is 0 Å². The number of nitro groups is 1. The van der Waals surface area contributed by atoms with Crippen molar-refractivity contribution in [1.82, 2.24) is 4.90 Å². The summed E-state index contributed by atoms with van der Waals surface area (Å²) in [5.41, 5.74) is 2.09. The van der Waals surface area contributed by atoms with Crippen molar-refractivity contribution < 1.29 is 26.5 Å². The number of benzene rings is 3. The highest BCUT2D eigenvalue weighted by Gasteiger charge is 2.20. The molecule has 1 amide bonds. The van der Waals surface area contributed by atoms with Gasteiger partial charge in [-0.05, 0) is 36.4 Å². The van der Waals surface area contributed by atoms with Gasteiger partial charge in [0, 0.05) is 55.7 Å². The molecule has 0 aromatic heterocycles. The molecule has 4 rings (SSSR count). The lowest BCUT2D eigenvalue weighted by molar-refractivity contribution is -0.385. The summed E-state index contributed by atoms with van der Waals surface area (Å²) in [5, 5.41) is 13.9. The Labute approximate surface area is 197 Å². The van der Waals surface area contributed by atoms with E-state index in [-0.39, 0.29) is 29.5 Å². The second-order valence-corrected chi connectivity index (χ2v) is 7.63. The average molecular weight is 470 g/mol. The van der Waals surface area contributed by atoms with E-state index < -0.39 is 10.8 Å². The molecular formula is C24H23ClFN4O3-. The Morgan fingerprint density at radius 2 is 1.58 bits per heavy atom. The maximum absolute atomic E-state index is 13.9. The number of amides is 1. The van der Waals surface area contributed by atoms with E-state index in [9.17, 15) is 19.3 Å². The summed E-state index contributed by atoms with van der Waals surface area (Å²) in [6, 6.07) is 20.1. The number of nitrogens with one attached hydrogen (secondary N) is 1. The number of hydrogen-bond donors (Lipinski definition) is 1. The number of piperazine rings is 1. The van der Waals surface area contributed by atoms with Crippen molar-refractivity contribution in [3.63, 3.8) is 0 Å². The number of halogens is 2. The van der Waals surface area contributed by atoms with Crippen LogP contribution in [0.15, 0.2) is 72.8 Å². The van der Waals surface area contributed by atoms with Crippen LogP contribution in [0.1, 0.15) is 15.9 Å². The van der Waals surface area contributed by atoms with E-state index in [1.54, 1.807) is 24.3 Å². The Bertz CT molecular complexity index is 1120. The average Bonchev–Trinajstić information content (AvgIpc) is 2.81. The van der Waals surface area contributed by atoms with Crippen molar-refractivity contribution in [3.8, 4) is 0 Å². The zero-order chi connectivity index (χ0) is 22.5. The minimum Gasteiger partial charge on any atom is -1.00 e. The normalized spacial score (nSPS) is 13.8. The fraction of sp³-hybridized carbons (Fsp3) is 0.208. The van der Waals surface area contributed by atoms with Crippen LogP contribution in [0.4, 0.5) is 21.5 Å². The lowest BCUT2D eigenvalue weighted by Gasteiger charge is -2.36. The molecule has 0 bridgehead atoms. The summed E-state index contributed by atoms with van der Waals surface area (Å²) < 4.78 is 13.9. The molecule has 1 fully saturated rings. The molecule has 0 atom stereocenters. The largest absolute Gasteiger partial charge is 1.00 e. The summed E-state index contributed by atoms with van der Waals surface area (Å²) in [7, 11) is 0. The van der Waals surface area contributed by atoms with Crippen molar-refractivity contribution in [1.29, 1.82) is 0 Å². The van der Waals surface area contributed by atoms with Crippen LogP contribution in [0.3, 0.4) is 0 Å². The third-order valence-electron chi connectivity index (χ3n) is 5.56. The Kier molecular flexibility index (Phi) is 7.97. The van der Waals surface area contributed by atoms with Crippen molar-refractivity contribution >= 4 is 23.0 Å². The van der Waals surface area contributed by atoms with E-state index >= 15 is 0 Å². The van der Waals surface area contributed by atoms with Crippen molar-refractivity contribution in [2.75, 3.05) is 36.4 Å². The molecule has 0 aliphatic carbocycles. The molecule has 33 heavy (non-hydrogen) atoms. The van der Waals surface area contributed by atoms with Crippen LogP contribution >= 0.6 is 0 Å². The number of nitrogens with zero attached hydrogens (tertiary/aromatic N) is 3. The van der Waals surface area contributed by atoms with Crippen LogP contribution in [0.5, 0.6) is 0 Å². The molecule has 7 nitrogen and oxygen atoms in total. The Balaban J connectivity index is 0.00000306. The van der Waals surface area contributed by atoms with E-state index in [2.05, 4.69) is 15.1 Å². The molecule has 0 spiro atoms. The topological polar surface area (TPSA) is 78.7 Å². The smallest absolute Gasteiger partial charge is 0.282 e. The SMILES string of the molecule is O=C(Nc1ccc(N2CCN(Cc3ccccc3F)CC2)cc1)c1ccccc1[N+](=O)[O-].[Cl-]. The predicted molar refractivity (Wildman–Crippen MR) is 121 cm³/mol. The molecule has 0 unspecified atom stereocenters. The molecule has 1 heterocycles. The zero-order valence-corrected chi connectivity index (χ0v) is 18.5. The van der Waals surface area contributed by atoms with Gasteiger partial charge in [0.1, 0.15) is 11.4 Å². The number of rotatable bonds is 6. The van der Waals surface area contributed by atoms with Crippen LogP contribution < -0.4 is 22.6 Å². The van der Waals surface area contributed by atoms with Crippen molar-refractivity contribution in [3.05, 3.63) is 99.9 Å². The summed E-state index contributed by atoms with van der Waals surface area (Å²) in [6.45, 7) is 3.87. The van der Waals surface area contributed by atoms with Gasteiger partial charge < -0.3 is 22.6 Å². The monoisotopic (exact) mass is 469 g/mol. The number of carbonyl (C=O) groups is 1. The van der Waals surface area contributed by atoms with Gasteiger partial charge in [0.05, 0.1) is 4.92 Å². The second kappa shape index (κ2) is 10.9. The summed E-state index contributed by atoms with van der Waals surface area (Å²) >= 11 is 0. The number of anilines is 2. The zero-order valence-electron chi connectivity index (χ0n) is 17.8. The molecule has 3 aromatic rings. The number of nitro benzene ring substituents is 1. The molecule has 1 aliphatic heterocycles. The van der Waals surface area contributed by atoms with Gasteiger partial charge in [-0.15, -0.1) is 0 Å². The van der Waals surface area contributed by atoms with Gasteiger partial charge in [-0.25, -0.2) is 4.39 Å². The minimum absolute atomic E-state index is 0. The third-order valence-corrected chi connectivity index (χ3v) is 5.56. The lowest BCUT2D eigenvalue weighted by atomic mass is 10.1. The molecule has 0 saturated carbocycles.